The Hall–Kier alpha value is -1.34. The van der Waals surface area contributed by atoms with Gasteiger partial charge >= 0.3 is 5.97 Å². The summed E-state index contributed by atoms with van der Waals surface area (Å²) in [7, 11) is 0. The van der Waals surface area contributed by atoms with Gasteiger partial charge in [-0.05, 0) is 13.8 Å². The van der Waals surface area contributed by atoms with Crippen LogP contribution in [0.25, 0.3) is 5.78 Å². The second-order valence-electron chi connectivity index (χ2n) is 3.40. The number of esters is 1. The fraction of sp³-hybridized carbons (Fsp3) is 0.400. The number of fused-ring (bicyclic) bond motifs is 1. The standard InChI is InChI=1S/C10H11ClN4O2S/c1-3-17-7(16)4-18-9-6(2)8(11)14-10-12-5-13-15(9)10/h5H,3-4H2,1-2H3. The second-order valence-corrected chi connectivity index (χ2v) is 4.72. The number of carbonyl (C=O) groups is 1. The Morgan fingerprint density at radius 2 is 2.39 bits per heavy atom. The maximum atomic E-state index is 11.3. The van der Waals surface area contributed by atoms with Gasteiger partial charge < -0.3 is 4.74 Å². The van der Waals surface area contributed by atoms with E-state index in [0.29, 0.717) is 17.5 Å². The van der Waals surface area contributed by atoms with E-state index in [1.807, 2.05) is 6.92 Å². The molecule has 0 aliphatic rings. The van der Waals surface area contributed by atoms with E-state index in [1.54, 1.807) is 11.4 Å². The third-order valence-electron chi connectivity index (χ3n) is 2.18. The van der Waals surface area contributed by atoms with E-state index in [2.05, 4.69) is 15.1 Å². The van der Waals surface area contributed by atoms with E-state index in [1.165, 1.54) is 18.1 Å². The maximum Gasteiger partial charge on any atom is 0.316 e. The number of thioether (sulfide) groups is 1. The van der Waals surface area contributed by atoms with Gasteiger partial charge in [0.2, 0.25) is 0 Å². The molecule has 0 saturated heterocycles. The van der Waals surface area contributed by atoms with E-state index in [0.717, 1.165) is 10.6 Å². The minimum Gasteiger partial charge on any atom is -0.465 e. The Morgan fingerprint density at radius 3 is 3.11 bits per heavy atom. The van der Waals surface area contributed by atoms with Crippen LogP contribution < -0.4 is 0 Å². The number of halogens is 1. The van der Waals surface area contributed by atoms with Gasteiger partial charge in [-0.15, -0.1) is 0 Å². The van der Waals surface area contributed by atoms with Gasteiger partial charge in [0, 0.05) is 5.56 Å². The predicted octanol–water partition coefficient (Wildman–Crippen LogP) is 1.74. The fourth-order valence-electron chi connectivity index (χ4n) is 1.37. The molecule has 0 saturated carbocycles. The summed E-state index contributed by atoms with van der Waals surface area (Å²) in [6.45, 7) is 3.96. The van der Waals surface area contributed by atoms with Gasteiger partial charge in [-0.1, -0.05) is 23.4 Å². The van der Waals surface area contributed by atoms with Crippen molar-refractivity contribution in [1.29, 1.82) is 0 Å². The lowest BCUT2D eigenvalue weighted by Gasteiger charge is -2.08. The van der Waals surface area contributed by atoms with Crippen LogP contribution in [0.4, 0.5) is 0 Å². The molecule has 6 nitrogen and oxygen atoms in total. The summed E-state index contributed by atoms with van der Waals surface area (Å²) in [5.41, 5.74) is 0.768. The Balaban J connectivity index is 2.28. The van der Waals surface area contributed by atoms with Crippen LogP contribution in [0.2, 0.25) is 5.15 Å². The quantitative estimate of drug-likeness (QED) is 0.484. The van der Waals surface area contributed by atoms with E-state index >= 15 is 0 Å². The second kappa shape index (κ2) is 5.53. The van der Waals surface area contributed by atoms with E-state index in [4.69, 9.17) is 16.3 Å². The maximum absolute atomic E-state index is 11.3. The number of carbonyl (C=O) groups excluding carboxylic acids is 1. The van der Waals surface area contributed by atoms with Crippen LogP contribution in [-0.2, 0) is 9.53 Å². The first kappa shape index (κ1) is 13.1. The van der Waals surface area contributed by atoms with Crippen LogP contribution in [0.5, 0.6) is 0 Å². The minimum absolute atomic E-state index is 0.198. The first-order valence-electron chi connectivity index (χ1n) is 5.27. The molecule has 0 unspecified atom stereocenters. The van der Waals surface area contributed by atoms with E-state index in [-0.39, 0.29) is 11.7 Å². The number of rotatable bonds is 4. The Labute approximate surface area is 113 Å². The molecule has 2 heterocycles. The van der Waals surface area contributed by atoms with Gasteiger partial charge in [0.15, 0.2) is 0 Å². The zero-order valence-corrected chi connectivity index (χ0v) is 11.5. The monoisotopic (exact) mass is 286 g/mol. The van der Waals surface area contributed by atoms with E-state index in [9.17, 15) is 4.79 Å². The van der Waals surface area contributed by atoms with Crippen LogP contribution in [0.15, 0.2) is 11.4 Å². The lowest BCUT2D eigenvalue weighted by atomic mass is 10.4. The van der Waals surface area contributed by atoms with Gasteiger partial charge in [-0.25, -0.2) is 0 Å². The lowest BCUT2D eigenvalue weighted by Crippen LogP contribution is -2.08. The smallest absolute Gasteiger partial charge is 0.316 e. The summed E-state index contributed by atoms with van der Waals surface area (Å²) in [6, 6.07) is 0. The molecule has 0 aromatic carbocycles. The van der Waals surface area contributed by atoms with Gasteiger partial charge in [-0.3, -0.25) is 4.79 Å². The largest absolute Gasteiger partial charge is 0.465 e. The summed E-state index contributed by atoms with van der Waals surface area (Å²) in [4.78, 5) is 19.4. The van der Waals surface area contributed by atoms with Crippen molar-refractivity contribution in [1.82, 2.24) is 19.6 Å². The third-order valence-corrected chi connectivity index (χ3v) is 3.68. The van der Waals surface area contributed by atoms with Crippen LogP contribution >= 0.6 is 23.4 Å². The first-order valence-corrected chi connectivity index (χ1v) is 6.64. The number of hydrogen-bond acceptors (Lipinski definition) is 6. The summed E-state index contributed by atoms with van der Waals surface area (Å²) in [6.07, 6.45) is 1.40. The van der Waals surface area contributed by atoms with Crippen molar-refractivity contribution in [2.75, 3.05) is 12.4 Å². The molecule has 96 valence electrons. The number of nitrogens with zero attached hydrogens (tertiary/aromatic N) is 4. The summed E-state index contributed by atoms with van der Waals surface area (Å²) in [5, 5.41) is 5.16. The highest BCUT2D eigenvalue weighted by Gasteiger charge is 2.14. The molecule has 0 radical (unpaired) electrons. The molecule has 8 heteroatoms. The Morgan fingerprint density at radius 1 is 1.61 bits per heavy atom. The van der Waals surface area contributed by atoms with Crippen molar-refractivity contribution in [3.63, 3.8) is 0 Å². The zero-order chi connectivity index (χ0) is 13.1. The van der Waals surface area contributed by atoms with Crippen molar-refractivity contribution in [2.45, 2.75) is 18.9 Å². The summed E-state index contributed by atoms with van der Waals surface area (Å²) in [5.74, 6) is 0.337. The first-order chi connectivity index (χ1) is 8.63. The Kier molecular flexibility index (Phi) is 4.03. The van der Waals surface area contributed by atoms with Gasteiger partial charge in [0.1, 0.15) is 16.5 Å². The van der Waals surface area contributed by atoms with Crippen LogP contribution in [0, 0.1) is 6.92 Å². The van der Waals surface area contributed by atoms with Crippen molar-refractivity contribution in [2.24, 2.45) is 0 Å². The van der Waals surface area contributed by atoms with Crippen molar-refractivity contribution >= 4 is 35.1 Å². The minimum atomic E-state index is -0.275. The third kappa shape index (κ3) is 2.56. The number of hydrogen-bond donors (Lipinski definition) is 0. The zero-order valence-electron chi connectivity index (χ0n) is 9.88. The highest BCUT2D eigenvalue weighted by atomic mass is 35.5. The molecular formula is C10H11ClN4O2S. The van der Waals surface area contributed by atoms with Crippen molar-refractivity contribution < 1.29 is 9.53 Å². The lowest BCUT2D eigenvalue weighted by molar-refractivity contribution is -0.139. The topological polar surface area (TPSA) is 69.4 Å². The van der Waals surface area contributed by atoms with Crippen LogP contribution in [0.1, 0.15) is 12.5 Å². The van der Waals surface area contributed by atoms with Gasteiger partial charge in [0.25, 0.3) is 5.78 Å². The molecule has 18 heavy (non-hydrogen) atoms. The molecule has 0 fully saturated rings. The molecule has 0 N–H and O–H groups in total. The highest BCUT2D eigenvalue weighted by molar-refractivity contribution is 7.99. The fourth-order valence-corrected chi connectivity index (χ4v) is 2.50. The van der Waals surface area contributed by atoms with E-state index < -0.39 is 0 Å². The SMILES string of the molecule is CCOC(=O)CSc1c(C)c(Cl)nc2ncnn12. The van der Waals surface area contributed by atoms with Crippen LogP contribution in [-0.4, -0.2) is 37.9 Å². The summed E-state index contributed by atoms with van der Waals surface area (Å²) >= 11 is 7.31. The van der Waals surface area contributed by atoms with Gasteiger partial charge in [0.05, 0.1) is 12.4 Å². The van der Waals surface area contributed by atoms with Crippen molar-refractivity contribution in [3.05, 3.63) is 17.0 Å². The number of aromatic nitrogens is 4. The molecule has 0 spiro atoms. The predicted molar refractivity (Wildman–Crippen MR) is 67.9 cm³/mol. The normalized spacial score (nSPS) is 10.8. The van der Waals surface area contributed by atoms with Crippen LogP contribution in [0.3, 0.4) is 0 Å². The molecule has 0 aliphatic heterocycles. The highest BCUT2D eigenvalue weighted by Crippen LogP contribution is 2.26. The summed E-state index contributed by atoms with van der Waals surface area (Å²) < 4.78 is 6.43. The number of ether oxygens (including phenoxy) is 1. The molecule has 0 atom stereocenters. The average Bonchev–Trinajstić information content (AvgIpc) is 2.77. The molecule has 0 bridgehead atoms. The molecule has 2 aromatic heterocycles. The Bertz CT molecular complexity index is 587. The van der Waals surface area contributed by atoms with Crippen molar-refractivity contribution in [3.8, 4) is 0 Å². The molecule has 2 rings (SSSR count). The average molecular weight is 287 g/mol. The molecule has 2 aromatic rings. The van der Waals surface area contributed by atoms with Gasteiger partial charge in [-0.2, -0.15) is 19.6 Å². The molecule has 0 amide bonds. The molecule has 0 aliphatic carbocycles. The molecular weight excluding hydrogens is 276 g/mol.